The molecule has 5 aliphatic rings. The van der Waals surface area contributed by atoms with E-state index < -0.39 is 11.9 Å². The molecular formula is C26H36N8O5S. The fraction of sp³-hybridized carbons (Fsp3) is 0.731. The summed E-state index contributed by atoms with van der Waals surface area (Å²) in [6.45, 7) is 5.74. The molecule has 6 rings (SSSR count). The van der Waals surface area contributed by atoms with E-state index in [9.17, 15) is 24.3 Å². The molecule has 2 amide bonds. The van der Waals surface area contributed by atoms with Crippen molar-refractivity contribution in [2.24, 2.45) is 23.5 Å². The maximum Gasteiger partial charge on any atom is 0.353 e. The van der Waals surface area contributed by atoms with Gasteiger partial charge in [0.15, 0.2) is 11.6 Å². The van der Waals surface area contributed by atoms with E-state index in [2.05, 4.69) is 20.8 Å². The van der Waals surface area contributed by atoms with Crippen molar-refractivity contribution in [3.05, 3.63) is 16.4 Å². The molecule has 216 valence electrons. The number of rotatable bonds is 10. The Hall–Kier alpha value is -2.84. The normalized spacial score (nSPS) is 32.4. The van der Waals surface area contributed by atoms with Crippen LogP contribution in [0.5, 0.6) is 0 Å². The third-order valence-corrected chi connectivity index (χ3v) is 10.5. The van der Waals surface area contributed by atoms with Crippen LogP contribution in [-0.4, -0.2) is 102 Å². The quantitative estimate of drug-likeness (QED) is 0.320. The second-order valence-corrected chi connectivity index (χ2v) is 13.3. The summed E-state index contributed by atoms with van der Waals surface area (Å²) in [5, 5.41) is 25.1. The highest BCUT2D eigenvalue weighted by atomic mass is 32.2. The number of carboxylic acids is 1. The Morgan fingerprint density at radius 1 is 1.25 bits per heavy atom. The number of carbonyl (C=O) groups excluding carboxylic acids is 3. The van der Waals surface area contributed by atoms with Gasteiger partial charge in [-0.1, -0.05) is 13.8 Å². The second kappa shape index (κ2) is 10.5. The minimum absolute atomic E-state index is 0.0141. The summed E-state index contributed by atoms with van der Waals surface area (Å²) in [4.78, 5) is 55.4. The molecule has 1 aliphatic carbocycles. The van der Waals surface area contributed by atoms with Crippen LogP contribution in [0.25, 0.3) is 0 Å². The van der Waals surface area contributed by atoms with Crippen molar-refractivity contribution in [1.29, 1.82) is 0 Å². The van der Waals surface area contributed by atoms with Gasteiger partial charge in [-0.3, -0.25) is 14.4 Å². The van der Waals surface area contributed by atoms with E-state index in [1.54, 1.807) is 9.58 Å². The first-order chi connectivity index (χ1) is 19.1. The Balaban J connectivity index is 1.09. The summed E-state index contributed by atoms with van der Waals surface area (Å²) < 4.78 is 1.56. The fourth-order valence-corrected chi connectivity index (χ4v) is 8.29. The Labute approximate surface area is 236 Å². The van der Waals surface area contributed by atoms with Gasteiger partial charge in [0, 0.05) is 54.1 Å². The van der Waals surface area contributed by atoms with E-state index in [-0.39, 0.29) is 71.5 Å². The number of fused-ring (bicyclic) bond motifs is 1. The van der Waals surface area contributed by atoms with Crippen LogP contribution in [0.1, 0.15) is 57.7 Å². The molecule has 1 aromatic heterocycles. The number of tetrazole rings is 1. The smallest absolute Gasteiger partial charge is 0.353 e. The zero-order chi connectivity index (χ0) is 28.3. The lowest BCUT2D eigenvalue weighted by atomic mass is 9.73. The largest absolute Gasteiger partial charge is 0.477 e. The molecule has 2 unspecified atom stereocenters. The molecule has 4 aliphatic heterocycles. The van der Waals surface area contributed by atoms with E-state index >= 15 is 0 Å². The number of amides is 2. The van der Waals surface area contributed by atoms with Crippen molar-refractivity contribution >= 4 is 35.3 Å². The van der Waals surface area contributed by atoms with Crippen LogP contribution in [-0.2, 0) is 25.7 Å². The number of carboxylic acid groups (broad SMARTS) is 1. The van der Waals surface area contributed by atoms with Crippen LogP contribution in [0.4, 0.5) is 0 Å². The molecule has 0 spiro atoms. The zero-order valence-corrected chi connectivity index (χ0v) is 23.5. The summed E-state index contributed by atoms with van der Waals surface area (Å²) >= 11 is 1.47. The summed E-state index contributed by atoms with van der Waals surface area (Å²) in [6, 6.07) is -0.589. The molecule has 1 aromatic rings. The van der Waals surface area contributed by atoms with Gasteiger partial charge in [-0.25, -0.2) is 9.48 Å². The number of aliphatic carboxylic acids is 1. The molecule has 5 heterocycles. The first kappa shape index (κ1) is 27.3. The Kier molecular flexibility index (Phi) is 7.20. The van der Waals surface area contributed by atoms with Crippen molar-refractivity contribution in [3.63, 3.8) is 0 Å². The maximum atomic E-state index is 13.3. The summed E-state index contributed by atoms with van der Waals surface area (Å²) in [5.74, 6) is -1.16. The van der Waals surface area contributed by atoms with Crippen molar-refractivity contribution in [2.75, 3.05) is 19.6 Å². The van der Waals surface area contributed by atoms with Gasteiger partial charge in [0.05, 0.1) is 18.0 Å². The molecule has 4 fully saturated rings. The number of β-lactam (4-membered cyclic amide) rings is 1. The van der Waals surface area contributed by atoms with Crippen molar-refractivity contribution in [2.45, 2.75) is 81.8 Å². The monoisotopic (exact) mass is 572 g/mol. The third kappa shape index (κ3) is 4.83. The van der Waals surface area contributed by atoms with E-state index in [1.807, 2.05) is 13.8 Å². The highest BCUT2D eigenvalue weighted by molar-refractivity contribution is 8.03. The molecular weight excluding hydrogens is 536 g/mol. The van der Waals surface area contributed by atoms with Gasteiger partial charge >= 0.3 is 5.97 Å². The van der Waals surface area contributed by atoms with Crippen molar-refractivity contribution < 1.29 is 24.3 Å². The highest BCUT2D eigenvalue weighted by Crippen LogP contribution is 2.53. The fourth-order valence-electron chi connectivity index (χ4n) is 6.81. The molecule has 40 heavy (non-hydrogen) atoms. The van der Waals surface area contributed by atoms with E-state index in [0.717, 1.165) is 25.1 Å². The molecule has 4 N–H and O–H groups in total. The highest BCUT2D eigenvalue weighted by Gasteiger charge is 2.60. The minimum atomic E-state index is -1.12. The first-order valence-corrected chi connectivity index (χ1v) is 15.0. The lowest BCUT2D eigenvalue weighted by molar-refractivity contribution is -0.160. The number of hydrogen-bond acceptors (Lipinski definition) is 10. The van der Waals surface area contributed by atoms with E-state index in [0.29, 0.717) is 36.9 Å². The van der Waals surface area contributed by atoms with Crippen molar-refractivity contribution in [1.82, 2.24) is 35.3 Å². The van der Waals surface area contributed by atoms with E-state index in [4.69, 9.17) is 5.73 Å². The number of likely N-dealkylation sites (tertiary alicyclic amines) is 1. The lowest BCUT2D eigenvalue weighted by Crippen LogP contribution is -2.62. The molecule has 3 saturated heterocycles. The van der Waals surface area contributed by atoms with Crippen LogP contribution < -0.4 is 11.1 Å². The summed E-state index contributed by atoms with van der Waals surface area (Å²) in [6.07, 6.45) is 3.64. The Bertz CT molecular complexity index is 1260. The Morgan fingerprint density at radius 2 is 2.02 bits per heavy atom. The standard InChI is InChI=1S/C26H36N8O5S/c1-12(7-16(35)11-33-23(14-3-4-14)29-30-31-33)19-20-13(2)22(21(26(38)39)34(20)25(19)37)40-17-8-18(28-9-17)24(36)32-6-5-15(27)10-32/h12-15,17-20,28H,3-11,27H2,1-2H3,(H,38,39)/t12-,13+,15+,17?,18?,19+,20+/m0/s1. The predicted octanol–water partition coefficient (Wildman–Crippen LogP) is -0.0580. The molecule has 0 bridgehead atoms. The molecule has 1 saturated carbocycles. The third-order valence-electron chi connectivity index (χ3n) is 9.00. The van der Waals surface area contributed by atoms with Gasteiger partial charge in [-0.2, -0.15) is 0 Å². The average molecular weight is 573 g/mol. The zero-order valence-electron chi connectivity index (χ0n) is 22.7. The number of carbonyl (C=O) groups is 4. The van der Waals surface area contributed by atoms with Crippen LogP contribution in [0, 0.1) is 17.8 Å². The number of hydrogen-bond donors (Lipinski definition) is 3. The molecule has 0 radical (unpaired) electrons. The van der Waals surface area contributed by atoms with Gasteiger partial charge in [0.2, 0.25) is 11.8 Å². The number of Topliss-reactive ketones (excluding diaryl/α,β-unsaturated/α-hetero) is 1. The number of nitrogens with zero attached hydrogens (tertiary/aromatic N) is 6. The number of aromatic nitrogens is 4. The average Bonchev–Trinajstić information content (AvgIpc) is 3.22. The van der Waals surface area contributed by atoms with Crippen LogP contribution in [0.15, 0.2) is 10.6 Å². The van der Waals surface area contributed by atoms with Gasteiger partial charge in [-0.05, 0) is 42.0 Å². The number of thioether (sulfide) groups is 1. The van der Waals surface area contributed by atoms with Crippen LogP contribution >= 0.6 is 11.8 Å². The van der Waals surface area contributed by atoms with Gasteiger partial charge < -0.3 is 26.0 Å². The summed E-state index contributed by atoms with van der Waals surface area (Å²) in [5.41, 5.74) is 6.01. The summed E-state index contributed by atoms with van der Waals surface area (Å²) in [7, 11) is 0. The Morgan fingerprint density at radius 3 is 2.70 bits per heavy atom. The number of nitrogens with one attached hydrogen (secondary N) is 1. The molecule has 7 atom stereocenters. The van der Waals surface area contributed by atoms with Gasteiger partial charge in [0.25, 0.3) is 0 Å². The maximum absolute atomic E-state index is 13.3. The second-order valence-electron chi connectivity index (χ2n) is 12.0. The minimum Gasteiger partial charge on any atom is -0.477 e. The van der Waals surface area contributed by atoms with Gasteiger partial charge in [0.1, 0.15) is 12.2 Å². The predicted molar refractivity (Wildman–Crippen MR) is 143 cm³/mol. The lowest BCUT2D eigenvalue weighted by Gasteiger charge is -2.47. The first-order valence-electron chi connectivity index (χ1n) is 14.2. The van der Waals surface area contributed by atoms with Crippen LogP contribution in [0.2, 0.25) is 0 Å². The SMILES string of the molecule is C[C@@H](CC(=O)Cn1nnnc1C1CC1)[C@H]1C(=O)N2C(C(=O)O)=C(SC3CNC(C(=O)N4CC[C@@H](N)C4)C3)[C@H](C)[C@H]12. The molecule has 14 heteroatoms. The topological polar surface area (TPSA) is 177 Å². The number of nitrogens with two attached hydrogens (primary N) is 1. The van der Waals surface area contributed by atoms with Gasteiger partial charge in [-0.15, -0.1) is 16.9 Å². The van der Waals surface area contributed by atoms with E-state index in [1.165, 1.54) is 16.7 Å². The molecule has 0 aromatic carbocycles. The number of ketones is 1. The van der Waals surface area contributed by atoms with Crippen molar-refractivity contribution in [3.8, 4) is 0 Å². The van der Waals surface area contributed by atoms with Crippen LogP contribution in [0.3, 0.4) is 0 Å². The molecule has 13 nitrogen and oxygen atoms in total.